The van der Waals surface area contributed by atoms with Crippen LogP contribution in [0.3, 0.4) is 0 Å². The molecular formula is C21H22FN5O3S. The molecule has 1 aliphatic rings. The molecule has 0 radical (unpaired) electrons. The summed E-state index contributed by atoms with van der Waals surface area (Å²) in [4.78, 5) is 6.83. The zero-order valence-electron chi connectivity index (χ0n) is 17.1. The second kappa shape index (κ2) is 8.72. The predicted octanol–water partition coefficient (Wildman–Crippen LogP) is 4.43. The maximum Gasteiger partial charge on any atom is 0.273 e. The molecule has 31 heavy (non-hydrogen) atoms. The fourth-order valence-electron chi connectivity index (χ4n) is 3.92. The van der Waals surface area contributed by atoms with E-state index < -0.39 is 0 Å². The molecule has 162 valence electrons. The Balaban J connectivity index is 1.07. The number of nitrogens with zero attached hydrogens (tertiary/aromatic N) is 5. The van der Waals surface area contributed by atoms with Crippen LogP contribution in [-0.4, -0.2) is 51.5 Å². The number of thiazole rings is 1. The van der Waals surface area contributed by atoms with Crippen molar-refractivity contribution < 1.29 is 18.1 Å². The van der Waals surface area contributed by atoms with Crippen LogP contribution in [0, 0.1) is 12.7 Å². The van der Waals surface area contributed by atoms with Crippen LogP contribution in [0.25, 0.3) is 22.6 Å². The van der Waals surface area contributed by atoms with Crippen molar-refractivity contribution in [1.82, 2.24) is 25.2 Å². The third kappa shape index (κ3) is 4.45. The maximum absolute atomic E-state index is 13.4. The largest absolute Gasteiger partial charge is 0.470 e. The van der Waals surface area contributed by atoms with Crippen molar-refractivity contribution in [3.05, 3.63) is 41.0 Å². The van der Waals surface area contributed by atoms with Gasteiger partial charge in [0.05, 0.1) is 12.3 Å². The Morgan fingerprint density at radius 3 is 2.94 bits per heavy atom. The van der Waals surface area contributed by atoms with Crippen molar-refractivity contribution in [2.24, 2.45) is 0 Å². The number of aryl methyl sites for hydroxylation is 1. The van der Waals surface area contributed by atoms with E-state index in [9.17, 15) is 4.39 Å². The molecule has 0 unspecified atom stereocenters. The Morgan fingerprint density at radius 2 is 2.13 bits per heavy atom. The first kappa shape index (κ1) is 20.1. The Morgan fingerprint density at radius 1 is 1.26 bits per heavy atom. The molecule has 1 aromatic carbocycles. The Hall–Kier alpha value is -2.85. The minimum absolute atomic E-state index is 0.300. The highest BCUT2D eigenvalue weighted by atomic mass is 32.1. The number of fused-ring (bicyclic) bond motifs is 1. The number of aromatic nitrogens is 4. The summed E-state index contributed by atoms with van der Waals surface area (Å²) < 4.78 is 29.8. The van der Waals surface area contributed by atoms with Crippen LogP contribution in [-0.2, 0) is 0 Å². The van der Waals surface area contributed by atoms with Crippen molar-refractivity contribution in [1.29, 1.82) is 0 Å². The van der Waals surface area contributed by atoms with Crippen molar-refractivity contribution >= 4 is 22.3 Å². The Kier molecular flexibility index (Phi) is 5.65. The number of benzene rings is 1. The van der Waals surface area contributed by atoms with Gasteiger partial charge in [0.15, 0.2) is 5.58 Å². The first-order valence-electron chi connectivity index (χ1n) is 10.3. The number of halogens is 1. The van der Waals surface area contributed by atoms with Gasteiger partial charge in [0.2, 0.25) is 5.89 Å². The summed E-state index contributed by atoms with van der Waals surface area (Å²) in [5.74, 6) is 0.976. The highest BCUT2D eigenvalue weighted by Gasteiger charge is 2.25. The minimum atomic E-state index is -0.300. The first-order chi connectivity index (χ1) is 15.2. The molecule has 4 heterocycles. The third-order valence-corrected chi connectivity index (χ3v) is 6.26. The van der Waals surface area contributed by atoms with Crippen LogP contribution in [0.15, 0.2) is 32.5 Å². The lowest BCUT2D eigenvalue weighted by atomic mass is 9.91. The fraction of sp³-hybridized carbons (Fsp3) is 0.429. The summed E-state index contributed by atoms with van der Waals surface area (Å²) in [6.07, 6.45) is 2.95. The van der Waals surface area contributed by atoms with Gasteiger partial charge >= 0.3 is 0 Å². The van der Waals surface area contributed by atoms with E-state index in [1.165, 1.54) is 23.5 Å². The van der Waals surface area contributed by atoms with Gasteiger partial charge in [0.1, 0.15) is 11.5 Å². The molecule has 1 aliphatic heterocycles. The number of rotatable bonds is 7. The molecule has 0 N–H and O–H groups in total. The van der Waals surface area contributed by atoms with Crippen LogP contribution in [0.2, 0.25) is 0 Å². The quantitative estimate of drug-likeness (QED) is 0.388. The molecule has 4 aromatic rings. The second-order valence-electron chi connectivity index (χ2n) is 7.65. The van der Waals surface area contributed by atoms with Gasteiger partial charge in [-0.3, -0.25) is 0 Å². The second-order valence-corrected chi connectivity index (χ2v) is 8.47. The molecule has 3 aromatic heterocycles. The van der Waals surface area contributed by atoms with Crippen LogP contribution in [0.4, 0.5) is 4.39 Å². The van der Waals surface area contributed by atoms with E-state index >= 15 is 0 Å². The lowest BCUT2D eigenvalue weighted by Crippen LogP contribution is -2.34. The zero-order chi connectivity index (χ0) is 21.2. The standard InChI is InChI=1S/C21H22FN5O3S/c1-13-24-25-20(29-13)17-12-31-21(23-17)28-10-2-7-27-8-5-14(6-9-27)19-16-4-3-15(22)11-18(16)30-26-19/h3-4,11-12,14H,2,5-10H2,1H3. The smallest absolute Gasteiger partial charge is 0.273 e. The monoisotopic (exact) mass is 443 g/mol. The summed E-state index contributed by atoms with van der Waals surface area (Å²) in [5, 5.41) is 15.4. The average Bonchev–Trinajstić information content (AvgIpc) is 3.51. The van der Waals surface area contributed by atoms with Gasteiger partial charge in [-0.25, -0.2) is 4.39 Å². The van der Waals surface area contributed by atoms with Crippen molar-refractivity contribution in [2.45, 2.75) is 32.1 Å². The molecule has 0 spiro atoms. The molecule has 8 nitrogen and oxygen atoms in total. The normalized spacial score (nSPS) is 15.7. The SMILES string of the molecule is Cc1nnc(-c2csc(OCCCN3CCC(c4noc5cc(F)ccc45)CC3)n2)o1. The molecule has 5 rings (SSSR count). The van der Waals surface area contributed by atoms with Gasteiger partial charge in [-0.15, -0.1) is 10.2 Å². The van der Waals surface area contributed by atoms with Crippen molar-refractivity contribution in [3.8, 4) is 16.8 Å². The van der Waals surface area contributed by atoms with Crippen molar-refractivity contribution in [3.63, 3.8) is 0 Å². The number of hydrogen-bond acceptors (Lipinski definition) is 9. The third-order valence-electron chi connectivity index (χ3n) is 5.51. The molecule has 10 heteroatoms. The molecule has 0 aliphatic carbocycles. The van der Waals surface area contributed by atoms with Gasteiger partial charge in [0, 0.05) is 36.2 Å². The fourth-order valence-corrected chi connectivity index (χ4v) is 4.59. The number of piperidine rings is 1. The van der Waals surface area contributed by atoms with Crippen LogP contribution in [0.5, 0.6) is 5.19 Å². The van der Waals surface area contributed by atoms with Gasteiger partial charge in [0.25, 0.3) is 11.1 Å². The summed E-state index contributed by atoms with van der Waals surface area (Å²) in [7, 11) is 0. The molecule has 0 amide bonds. The number of hydrogen-bond donors (Lipinski definition) is 0. The van der Waals surface area contributed by atoms with E-state index in [0.717, 1.165) is 50.0 Å². The zero-order valence-corrected chi connectivity index (χ0v) is 17.9. The van der Waals surface area contributed by atoms with Gasteiger partial charge in [-0.1, -0.05) is 16.5 Å². The van der Waals surface area contributed by atoms with Crippen molar-refractivity contribution in [2.75, 3.05) is 26.2 Å². The summed E-state index contributed by atoms with van der Waals surface area (Å²) >= 11 is 1.43. The molecule has 1 saturated heterocycles. The lowest BCUT2D eigenvalue weighted by molar-refractivity contribution is 0.190. The highest BCUT2D eigenvalue weighted by molar-refractivity contribution is 7.11. The highest BCUT2D eigenvalue weighted by Crippen LogP contribution is 2.33. The van der Waals surface area contributed by atoms with Gasteiger partial charge < -0.3 is 18.6 Å². The van der Waals surface area contributed by atoms with Crippen LogP contribution >= 0.6 is 11.3 Å². The topological polar surface area (TPSA) is 90.3 Å². The van der Waals surface area contributed by atoms with E-state index in [1.807, 2.05) is 5.38 Å². The number of likely N-dealkylation sites (tertiary alicyclic amines) is 1. The summed E-state index contributed by atoms with van der Waals surface area (Å²) in [5.41, 5.74) is 2.12. The first-order valence-corrected chi connectivity index (χ1v) is 11.2. The van der Waals surface area contributed by atoms with E-state index in [0.29, 0.717) is 40.8 Å². The summed E-state index contributed by atoms with van der Waals surface area (Å²) in [6, 6.07) is 4.63. The average molecular weight is 444 g/mol. The Labute approximate surface area is 182 Å². The van der Waals surface area contributed by atoms with Gasteiger partial charge in [-0.2, -0.15) is 4.98 Å². The Bertz CT molecular complexity index is 1160. The minimum Gasteiger partial charge on any atom is -0.470 e. The predicted molar refractivity (Wildman–Crippen MR) is 113 cm³/mol. The molecule has 0 atom stereocenters. The maximum atomic E-state index is 13.4. The number of ether oxygens (including phenoxy) is 1. The van der Waals surface area contributed by atoms with E-state index in [1.54, 1.807) is 13.0 Å². The van der Waals surface area contributed by atoms with E-state index in [4.69, 9.17) is 13.7 Å². The van der Waals surface area contributed by atoms with Crippen LogP contribution in [0.1, 0.15) is 36.8 Å². The molecule has 0 bridgehead atoms. The summed E-state index contributed by atoms with van der Waals surface area (Å²) in [6.45, 7) is 5.32. The molecular weight excluding hydrogens is 421 g/mol. The molecule has 0 saturated carbocycles. The van der Waals surface area contributed by atoms with E-state index in [-0.39, 0.29) is 5.82 Å². The molecule has 1 fully saturated rings. The van der Waals surface area contributed by atoms with Crippen LogP contribution < -0.4 is 4.74 Å². The lowest BCUT2D eigenvalue weighted by Gasteiger charge is -2.31. The van der Waals surface area contributed by atoms with E-state index in [2.05, 4.69) is 25.2 Å². The van der Waals surface area contributed by atoms with Gasteiger partial charge in [-0.05, 0) is 44.5 Å².